The number of hydrogen-bond donors (Lipinski definition) is 1. The Morgan fingerprint density at radius 2 is 2.04 bits per heavy atom. The van der Waals surface area contributed by atoms with Crippen molar-refractivity contribution in [2.45, 2.75) is 27.3 Å². The SMILES string of the molecule is CC(=O)N1CCN(Cc2cnn3c(C)cc(C)nc23)C[C@@H](C(N)=O)C1. The zero-order valence-electron chi connectivity index (χ0n) is 14.9. The molecule has 2 aromatic heterocycles. The van der Waals surface area contributed by atoms with Crippen LogP contribution in [0, 0.1) is 19.8 Å². The molecule has 0 saturated carbocycles. The molecule has 3 heterocycles. The molecular formula is C17H24N6O2. The number of primary amides is 1. The molecule has 2 amide bonds. The number of rotatable bonds is 3. The lowest BCUT2D eigenvalue weighted by molar-refractivity contribution is -0.130. The number of fused-ring (bicyclic) bond motifs is 1. The van der Waals surface area contributed by atoms with Crippen molar-refractivity contribution in [3.8, 4) is 0 Å². The molecule has 3 rings (SSSR count). The van der Waals surface area contributed by atoms with Gasteiger partial charge in [-0.3, -0.25) is 14.5 Å². The average molecular weight is 344 g/mol. The van der Waals surface area contributed by atoms with E-state index >= 15 is 0 Å². The smallest absolute Gasteiger partial charge is 0.223 e. The van der Waals surface area contributed by atoms with E-state index in [1.165, 1.54) is 6.92 Å². The topological polar surface area (TPSA) is 96.8 Å². The van der Waals surface area contributed by atoms with Gasteiger partial charge in [-0.2, -0.15) is 5.10 Å². The van der Waals surface area contributed by atoms with E-state index in [1.807, 2.05) is 30.6 Å². The Kier molecular flexibility index (Phi) is 4.71. The van der Waals surface area contributed by atoms with Gasteiger partial charge in [-0.05, 0) is 19.9 Å². The normalized spacial score (nSPS) is 19.2. The maximum atomic E-state index is 11.8. The Morgan fingerprint density at radius 1 is 1.28 bits per heavy atom. The van der Waals surface area contributed by atoms with Crippen molar-refractivity contribution in [2.24, 2.45) is 11.7 Å². The third kappa shape index (κ3) is 3.63. The molecule has 0 aliphatic carbocycles. The van der Waals surface area contributed by atoms with Crippen LogP contribution >= 0.6 is 0 Å². The summed E-state index contributed by atoms with van der Waals surface area (Å²) in [6, 6.07) is 1.99. The Bertz CT molecular complexity index is 815. The molecular weight excluding hydrogens is 320 g/mol. The first-order valence-electron chi connectivity index (χ1n) is 8.43. The number of nitrogens with two attached hydrogens (primary N) is 1. The summed E-state index contributed by atoms with van der Waals surface area (Å²) in [5.41, 5.74) is 9.35. The van der Waals surface area contributed by atoms with Gasteiger partial charge in [0.1, 0.15) is 0 Å². The minimum absolute atomic E-state index is 0.0306. The fourth-order valence-corrected chi connectivity index (χ4v) is 3.36. The zero-order valence-corrected chi connectivity index (χ0v) is 14.9. The Balaban J connectivity index is 1.84. The number of hydrogen-bond acceptors (Lipinski definition) is 5. The molecule has 2 aromatic rings. The largest absolute Gasteiger partial charge is 0.369 e. The van der Waals surface area contributed by atoms with Crippen LogP contribution in [0.25, 0.3) is 5.65 Å². The first kappa shape index (κ1) is 17.3. The Labute approximate surface area is 146 Å². The van der Waals surface area contributed by atoms with Crippen LogP contribution in [-0.2, 0) is 16.1 Å². The average Bonchev–Trinajstić information content (AvgIpc) is 2.79. The van der Waals surface area contributed by atoms with Gasteiger partial charge >= 0.3 is 0 Å². The van der Waals surface area contributed by atoms with E-state index in [9.17, 15) is 9.59 Å². The molecule has 25 heavy (non-hydrogen) atoms. The van der Waals surface area contributed by atoms with Crippen LogP contribution < -0.4 is 5.73 Å². The van der Waals surface area contributed by atoms with E-state index in [1.54, 1.807) is 4.90 Å². The molecule has 2 N–H and O–H groups in total. The molecule has 8 nitrogen and oxygen atoms in total. The van der Waals surface area contributed by atoms with Crippen molar-refractivity contribution in [3.05, 3.63) is 29.2 Å². The van der Waals surface area contributed by atoms with Gasteiger partial charge in [0.25, 0.3) is 0 Å². The number of carbonyl (C=O) groups is 2. The maximum absolute atomic E-state index is 11.8. The molecule has 0 aromatic carbocycles. The molecule has 1 fully saturated rings. The summed E-state index contributed by atoms with van der Waals surface area (Å²) < 4.78 is 1.83. The van der Waals surface area contributed by atoms with Crippen LogP contribution in [0.5, 0.6) is 0 Å². The van der Waals surface area contributed by atoms with Crippen molar-refractivity contribution in [2.75, 3.05) is 26.2 Å². The van der Waals surface area contributed by atoms with Crippen LogP contribution in [0.4, 0.5) is 0 Å². The minimum atomic E-state index is -0.372. The summed E-state index contributed by atoms with van der Waals surface area (Å²) in [5, 5.41) is 4.42. The predicted octanol–water partition coefficient (Wildman–Crippen LogP) is 0.112. The van der Waals surface area contributed by atoms with E-state index in [2.05, 4.69) is 15.0 Å². The molecule has 1 atom stereocenters. The van der Waals surface area contributed by atoms with Gasteiger partial charge in [-0.1, -0.05) is 0 Å². The highest BCUT2D eigenvalue weighted by Gasteiger charge is 2.28. The van der Waals surface area contributed by atoms with Gasteiger partial charge in [-0.15, -0.1) is 0 Å². The molecule has 1 saturated heterocycles. The Hall–Kier alpha value is -2.48. The van der Waals surface area contributed by atoms with E-state index in [0.717, 1.165) is 22.6 Å². The predicted molar refractivity (Wildman–Crippen MR) is 92.7 cm³/mol. The highest BCUT2D eigenvalue weighted by Crippen LogP contribution is 2.17. The number of carbonyl (C=O) groups excluding carboxylic acids is 2. The van der Waals surface area contributed by atoms with E-state index in [4.69, 9.17) is 5.73 Å². The number of amides is 2. The van der Waals surface area contributed by atoms with Gasteiger partial charge < -0.3 is 10.6 Å². The summed E-state index contributed by atoms with van der Waals surface area (Å²) >= 11 is 0. The van der Waals surface area contributed by atoms with Gasteiger partial charge in [0.05, 0.1) is 12.1 Å². The van der Waals surface area contributed by atoms with Gasteiger partial charge in [0, 0.05) is 56.6 Å². The summed E-state index contributed by atoms with van der Waals surface area (Å²) in [6.45, 7) is 8.29. The van der Waals surface area contributed by atoms with Crippen molar-refractivity contribution in [1.82, 2.24) is 24.4 Å². The highest BCUT2D eigenvalue weighted by molar-refractivity contribution is 5.79. The molecule has 0 unspecified atom stereocenters. The molecule has 0 spiro atoms. The van der Waals surface area contributed by atoms with Crippen LogP contribution in [0.1, 0.15) is 23.9 Å². The highest BCUT2D eigenvalue weighted by atomic mass is 16.2. The summed E-state index contributed by atoms with van der Waals surface area (Å²) in [7, 11) is 0. The lowest BCUT2D eigenvalue weighted by Gasteiger charge is -2.21. The van der Waals surface area contributed by atoms with E-state index < -0.39 is 0 Å². The Morgan fingerprint density at radius 3 is 2.72 bits per heavy atom. The molecule has 0 radical (unpaired) electrons. The summed E-state index contributed by atoms with van der Waals surface area (Å²) in [5.74, 6) is -0.774. The van der Waals surface area contributed by atoms with Crippen LogP contribution in [0.2, 0.25) is 0 Å². The van der Waals surface area contributed by atoms with E-state index in [-0.39, 0.29) is 17.7 Å². The summed E-state index contributed by atoms with van der Waals surface area (Å²) in [6.07, 6.45) is 1.82. The van der Waals surface area contributed by atoms with Crippen molar-refractivity contribution in [3.63, 3.8) is 0 Å². The van der Waals surface area contributed by atoms with Crippen LogP contribution in [0.15, 0.2) is 12.3 Å². The standard InChI is InChI=1S/C17H24N6O2/c1-11-6-12(2)23-17(20-11)14(7-19-23)8-21-4-5-22(13(3)24)10-15(9-21)16(18)25/h6-7,15H,4-5,8-10H2,1-3H3,(H2,18,25)/t15-/m1/s1. The first-order valence-corrected chi connectivity index (χ1v) is 8.43. The molecule has 0 bridgehead atoms. The monoisotopic (exact) mass is 344 g/mol. The number of aromatic nitrogens is 3. The van der Waals surface area contributed by atoms with Crippen LogP contribution in [0.3, 0.4) is 0 Å². The molecule has 1 aliphatic rings. The third-order valence-electron chi connectivity index (χ3n) is 4.70. The second-order valence-electron chi connectivity index (χ2n) is 6.74. The third-order valence-corrected chi connectivity index (χ3v) is 4.70. The second kappa shape index (κ2) is 6.79. The van der Waals surface area contributed by atoms with Gasteiger partial charge in [-0.25, -0.2) is 9.50 Å². The lowest BCUT2D eigenvalue weighted by Crippen LogP contribution is -2.39. The maximum Gasteiger partial charge on any atom is 0.223 e. The molecule has 134 valence electrons. The van der Waals surface area contributed by atoms with Crippen molar-refractivity contribution >= 4 is 17.5 Å². The minimum Gasteiger partial charge on any atom is -0.369 e. The molecule has 1 aliphatic heterocycles. The van der Waals surface area contributed by atoms with Crippen molar-refractivity contribution in [1.29, 1.82) is 0 Å². The second-order valence-corrected chi connectivity index (χ2v) is 6.74. The van der Waals surface area contributed by atoms with Gasteiger partial charge in [0.15, 0.2) is 5.65 Å². The number of aryl methyl sites for hydroxylation is 2. The lowest BCUT2D eigenvalue weighted by atomic mass is 10.1. The fraction of sp³-hybridized carbons (Fsp3) is 0.529. The number of nitrogens with zero attached hydrogens (tertiary/aromatic N) is 5. The quantitative estimate of drug-likeness (QED) is 0.852. The van der Waals surface area contributed by atoms with Crippen LogP contribution in [-0.4, -0.2) is 62.4 Å². The van der Waals surface area contributed by atoms with Gasteiger partial charge in [0.2, 0.25) is 11.8 Å². The first-order chi connectivity index (χ1) is 11.8. The molecule has 8 heteroatoms. The van der Waals surface area contributed by atoms with Crippen molar-refractivity contribution < 1.29 is 9.59 Å². The fourth-order valence-electron chi connectivity index (χ4n) is 3.36. The zero-order chi connectivity index (χ0) is 18.1. The summed E-state index contributed by atoms with van der Waals surface area (Å²) in [4.78, 5) is 31.9. The van der Waals surface area contributed by atoms with E-state index in [0.29, 0.717) is 32.7 Å².